The van der Waals surface area contributed by atoms with E-state index >= 15 is 0 Å². The molecule has 0 saturated heterocycles. The molecule has 1 unspecified atom stereocenters. The van der Waals surface area contributed by atoms with Crippen molar-refractivity contribution in [2.75, 3.05) is 0 Å². The second kappa shape index (κ2) is 5.99. The van der Waals surface area contributed by atoms with Gasteiger partial charge in [0.2, 0.25) is 0 Å². The van der Waals surface area contributed by atoms with E-state index in [4.69, 9.17) is 5.26 Å². The van der Waals surface area contributed by atoms with Gasteiger partial charge in [0.15, 0.2) is 0 Å². The van der Waals surface area contributed by atoms with Crippen molar-refractivity contribution >= 4 is 0 Å². The molecule has 2 heteroatoms. The van der Waals surface area contributed by atoms with E-state index in [1.807, 2.05) is 6.92 Å². The molecule has 0 heterocycles. The number of hydrogen-bond acceptors (Lipinski definition) is 2. The smallest absolute Gasteiger partial charge is 0.0648 e. The van der Waals surface area contributed by atoms with Crippen LogP contribution in [-0.4, -0.2) is 10.7 Å². The van der Waals surface area contributed by atoms with Crippen molar-refractivity contribution in [3.05, 3.63) is 0 Å². The van der Waals surface area contributed by atoms with Crippen LogP contribution in [0.5, 0.6) is 0 Å². The molecule has 0 rings (SSSR count). The molecule has 0 aliphatic carbocycles. The number of rotatable bonds is 6. The molecular weight excluding hydrogens is 162 g/mol. The van der Waals surface area contributed by atoms with Gasteiger partial charge in [-0.2, -0.15) is 5.26 Å². The molecule has 0 bridgehead atoms. The Hall–Kier alpha value is -0.550. The van der Waals surface area contributed by atoms with Crippen LogP contribution in [0.25, 0.3) is 0 Å². The topological polar surface area (TPSA) is 44.0 Å². The Morgan fingerprint density at radius 3 is 2.46 bits per heavy atom. The average molecular weight is 183 g/mol. The minimum absolute atomic E-state index is 0.520. The lowest BCUT2D eigenvalue weighted by atomic mass is 9.86. The molecular formula is C11H21NO. The van der Waals surface area contributed by atoms with Crippen molar-refractivity contribution in [2.24, 2.45) is 5.92 Å². The summed E-state index contributed by atoms with van der Waals surface area (Å²) in [6, 6.07) is 2.11. The summed E-state index contributed by atoms with van der Waals surface area (Å²) in [4.78, 5) is 0. The number of nitrogens with zero attached hydrogens (tertiary/aromatic N) is 1. The van der Waals surface area contributed by atoms with E-state index in [-0.39, 0.29) is 0 Å². The Bertz CT molecular complexity index is 171. The van der Waals surface area contributed by atoms with Crippen LogP contribution in [0.1, 0.15) is 52.9 Å². The molecule has 2 nitrogen and oxygen atoms in total. The molecule has 0 spiro atoms. The quantitative estimate of drug-likeness (QED) is 0.643. The van der Waals surface area contributed by atoms with Gasteiger partial charge in [-0.1, -0.05) is 20.8 Å². The summed E-state index contributed by atoms with van der Waals surface area (Å²) in [5.74, 6) is 0.520. The fourth-order valence-electron chi connectivity index (χ4n) is 1.68. The van der Waals surface area contributed by atoms with Gasteiger partial charge < -0.3 is 5.11 Å². The van der Waals surface area contributed by atoms with Crippen molar-refractivity contribution in [1.82, 2.24) is 0 Å². The van der Waals surface area contributed by atoms with Crippen LogP contribution < -0.4 is 0 Å². The van der Waals surface area contributed by atoms with Gasteiger partial charge in [0.05, 0.1) is 11.7 Å². The number of nitriles is 1. The standard InChI is InChI=1S/C11H21NO/c1-4-11(13,9-10(2)3)7-5-6-8-12/h10,13H,4-7,9H2,1-3H3. The highest BCUT2D eigenvalue weighted by atomic mass is 16.3. The predicted octanol–water partition coefficient (Wildman–Crippen LogP) is 2.87. The molecule has 0 fully saturated rings. The van der Waals surface area contributed by atoms with Crippen LogP contribution in [0.3, 0.4) is 0 Å². The summed E-state index contributed by atoms with van der Waals surface area (Å²) >= 11 is 0. The van der Waals surface area contributed by atoms with E-state index in [1.54, 1.807) is 0 Å². The van der Waals surface area contributed by atoms with Gasteiger partial charge in [-0.05, 0) is 31.6 Å². The van der Waals surface area contributed by atoms with E-state index in [0.717, 1.165) is 25.7 Å². The first-order valence-corrected chi connectivity index (χ1v) is 5.13. The Kier molecular flexibility index (Phi) is 5.73. The van der Waals surface area contributed by atoms with Crippen molar-refractivity contribution in [3.63, 3.8) is 0 Å². The van der Waals surface area contributed by atoms with Gasteiger partial charge in [0.25, 0.3) is 0 Å². The monoisotopic (exact) mass is 183 g/mol. The van der Waals surface area contributed by atoms with Crippen molar-refractivity contribution in [2.45, 2.75) is 58.5 Å². The van der Waals surface area contributed by atoms with E-state index < -0.39 is 5.60 Å². The van der Waals surface area contributed by atoms with Crippen LogP contribution in [0, 0.1) is 17.2 Å². The van der Waals surface area contributed by atoms with E-state index in [2.05, 4.69) is 19.9 Å². The Morgan fingerprint density at radius 1 is 1.46 bits per heavy atom. The maximum Gasteiger partial charge on any atom is 0.0648 e. The first-order chi connectivity index (χ1) is 6.04. The minimum atomic E-state index is -0.537. The Labute approximate surface area is 81.6 Å². The normalized spacial score (nSPS) is 15.4. The Morgan fingerprint density at radius 2 is 2.08 bits per heavy atom. The van der Waals surface area contributed by atoms with E-state index in [1.165, 1.54) is 0 Å². The summed E-state index contributed by atoms with van der Waals surface area (Å²) < 4.78 is 0. The summed E-state index contributed by atoms with van der Waals surface area (Å²) in [6.45, 7) is 6.24. The number of aliphatic hydroxyl groups is 1. The third-order valence-electron chi connectivity index (χ3n) is 2.38. The fourth-order valence-corrected chi connectivity index (χ4v) is 1.68. The molecule has 76 valence electrons. The summed E-state index contributed by atoms with van der Waals surface area (Å²) in [7, 11) is 0. The lowest BCUT2D eigenvalue weighted by Gasteiger charge is -2.28. The van der Waals surface area contributed by atoms with Crippen molar-refractivity contribution in [1.29, 1.82) is 5.26 Å². The van der Waals surface area contributed by atoms with E-state index in [9.17, 15) is 5.11 Å². The maximum atomic E-state index is 10.1. The van der Waals surface area contributed by atoms with Gasteiger partial charge in [0.1, 0.15) is 0 Å². The lowest BCUT2D eigenvalue weighted by molar-refractivity contribution is 0.00621. The first kappa shape index (κ1) is 12.4. The third kappa shape index (κ3) is 5.65. The fraction of sp³-hybridized carbons (Fsp3) is 0.909. The molecule has 0 aliphatic heterocycles. The zero-order valence-corrected chi connectivity index (χ0v) is 9.01. The molecule has 0 aromatic carbocycles. The highest BCUT2D eigenvalue weighted by Crippen LogP contribution is 2.26. The molecule has 0 aliphatic rings. The lowest BCUT2D eigenvalue weighted by Crippen LogP contribution is -2.29. The van der Waals surface area contributed by atoms with Crippen molar-refractivity contribution < 1.29 is 5.11 Å². The second-order valence-electron chi connectivity index (χ2n) is 4.19. The minimum Gasteiger partial charge on any atom is -0.390 e. The predicted molar refractivity (Wildman–Crippen MR) is 54.2 cm³/mol. The van der Waals surface area contributed by atoms with Crippen LogP contribution in [-0.2, 0) is 0 Å². The highest BCUT2D eigenvalue weighted by Gasteiger charge is 2.24. The molecule has 1 N–H and O–H groups in total. The molecule has 1 atom stereocenters. The largest absolute Gasteiger partial charge is 0.390 e. The van der Waals surface area contributed by atoms with Gasteiger partial charge in [0, 0.05) is 6.42 Å². The maximum absolute atomic E-state index is 10.1. The van der Waals surface area contributed by atoms with Gasteiger partial charge in [-0.15, -0.1) is 0 Å². The van der Waals surface area contributed by atoms with Crippen LogP contribution >= 0.6 is 0 Å². The molecule has 0 amide bonds. The molecule has 0 aromatic heterocycles. The molecule has 0 saturated carbocycles. The third-order valence-corrected chi connectivity index (χ3v) is 2.38. The average Bonchev–Trinajstić information content (AvgIpc) is 2.04. The SMILES string of the molecule is CCC(O)(CCCC#N)CC(C)C. The first-order valence-electron chi connectivity index (χ1n) is 5.13. The molecule has 0 radical (unpaired) electrons. The van der Waals surface area contributed by atoms with E-state index in [0.29, 0.717) is 12.3 Å². The molecule has 0 aromatic rings. The second-order valence-corrected chi connectivity index (χ2v) is 4.19. The van der Waals surface area contributed by atoms with Crippen molar-refractivity contribution in [3.8, 4) is 6.07 Å². The number of hydrogen-bond donors (Lipinski definition) is 1. The Balaban J connectivity index is 3.90. The van der Waals surface area contributed by atoms with Crippen LogP contribution in [0.4, 0.5) is 0 Å². The van der Waals surface area contributed by atoms with Gasteiger partial charge in [-0.25, -0.2) is 0 Å². The summed E-state index contributed by atoms with van der Waals surface area (Å²) in [5.41, 5.74) is -0.537. The van der Waals surface area contributed by atoms with Gasteiger partial charge in [-0.3, -0.25) is 0 Å². The summed E-state index contributed by atoms with van der Waals surface area (Å²) in [5, 5.41) is 18.5. The van der Waals surface area contributed by atoms with Gasteiger partial charge >= 0.3 is 0 Å². The number of unbranched alkanes of at least 4 members (excludes halogenated alkanes) is 1. The van der Waals surface area contributed by atoms with Crippen LogP contribution in [0.2, 0.25) is 0 Å². The zero-order chi connectivity index (χ0) is 10.3. The van der Waals surface area contributed by atoms with Crippen LogP contribution in [0.15, 0.2) is 0 Å². The zero-order valence-electron chi connectivity index (χ0n) is 9.01. The molecule has 13 heavy (non-hydrogen) atoms. The highest BCUT2D eigenvalue weighted by molar-refractivity contribution is 4.80. The summed E-state index contributed by atoms with van der Waals surface area (Å²) in [6.07, 6.45) is 3.76.